The third-order valence-corrected chi connectivity index (χ3v) is 12.7. The zero-order valence-electron chi connectivity index (χ0n) is 35.8. The zero-order valence-corrected chi connectivity index (χ0v) is 35.8. The number of aryl methyl sites for hydroxylation is 1. The van der Waals surface area contributed by atoms with Gasteiger partial charge in [0.1, 0.15) is 0 Å². The maximum absolute atomic E-state index is 5.43. The number of hydrogen-bond donors (Lipinski definition) is 0. The average molecular weight is 831 g/mol. The van der Waals surface area contributed by atoms with E-state index in [0.29, 0.717) is 5.82 Å². The van der Waals surface area contributed by atoms with Crippen molar-refractivity contribution in [3.63, 3.8) is 0 Å². The average Bonchev–Trinajstić information content (AvgIpc) is 3.73. The van der Waals surface area contributed by atoms with E-state index in [2.05, 4.69) is 247 Å². The maximum atomic E-state index is 5.43. The van der Waals surface area contributed by atoms with Crippen molar-refractivity contribution in [2.24, 2.45) is 0 Å². The molecule has 0 aliphatic carbocycles. The summed E-state index contributed by atoms with van der Waals surface area (Å²) >= 11 is 0. The van der Waals surface area contributed by atoms with Gasteiger partial charge in [0, 0.05) is 50.2 Å². The second-order valence-corrected chi connectivity index (χ2v) is 16.6. The Hall–Kier alpha value is -8.60. The highest BCUT2D eigenvalue weighted by Crippen LogP contribution is 2.44. The van der Waals surface area contributed by atoms with Gasteiger partial charge in [-0.3, -0.25) is 0 Å². The Labute approximate surface area is 378 Å². The van der Waals surface area contributed by atoms with Crippen LogP contribution in [0.1, 0.15) is 5.56 Å². The van der Waals surface area contributed by atoms with Gasteiger partial charge < -0.3 is 9.47 Å². The van der Waals surface area contributed by atoms with Gasteiger partial charge in [-0.1, -0.05) is 176 Å². The standard InChI is InChI=1S/C61H42N4/c1-41-52-28-13-11-20-43(52)32-34-57(41)64(49-26-9-4-10-27-49)50-37-48(38-51(39-50)65-58-31-16-15-30-54(58)60-53-29-14-12-21-44(53)33-35-59(60)65)56-40-55(62-61(63-56)45-22-7-3-8-23-45)47-25-17-24-46(36-47)42-18-5-2-6-19-42/h2-40H,1H3. The minimum Gasteiger partial charge on any atom is -0.310 e. The van der Waals surface area contributed by atoms with Crippen molar-refractivity contribution >= 4 is 60.4 Å². The van der Waals surface area contributed by atoms with Crippen LogP contribution in [0.2, 0.25) is 0 Å². The first-order valence-corrected chi connectivity index (χ1v) is 22.2. The Morgan fingerprint density at radius 3 is 1.72 bits per heavy atom. The minimum absolute atomic E-state index is 0.670. The third kappa shape index (κ3) is 6.80. The van der Waals surface area contributed by atoms with Gasteiger partial charge in [-0.2, -0.15) is 0 Å². The summed E-state index contributed by atoms with van der Waals surface area (Å²) < 4.78 is 2.43. The van der Waals surface area contributed by atoms with Gasteiger partial charge >= 0.3 is 0 Å². The molecule has 0 atom stereocenters. The lowest BCUT2D eigenvalue weighted by Crippen LogP contribution is -2.12. The van der Waals surface area contributed by atoms with Crippen molar-refractivity contribution in [2.45, 2.75) is 6.92 Å². The van der Waals surface area contributed by atoms with Gasteiger partial charge in [0.2, 0.25) is 0 Å². The van der Waals surface area contributed by atoms with Crippen molar-refractivity contribution < 1.29 is 0 Å². The summed E-state index contributed by atoms with van der Waals surface area (Å²) in [5, 5.41) is 7.35. The van der Waals surface area contributed by atoms with Gasteiger partial charge in [0.15, 0.2) is 5.82 Å². The molecule has 10 aromatic carbocycles. The predicted octanol–water partition coefficient (Wildman–Crippen LogP) is 16.3. The predicted molar refractivity (Wildman–Crippen MR) is 273 cm³/mol. The summed E-state index contributed by atoms with van der Waals surface area (Å²) in [6.07, 6.45) is 0. The number of nitrogens with zero attached hydrogens (tertiary/aromatic N) is 4. The molecule has 0 N–H and O–H groups in total. The second kappa shape index (κ2) is 15.9. The van der Waals surface area contributed by atoms with Gasteiger partial charge in [-0.25, -0.2) is 9.97 Å². The molecule has 4 heteroatoms. The molecule has 0 saturated carbocycles. The minimum atomic E-state index is 0.670. The van der Waals surface area contributed by atoms with Crippen molar-refractivity contribution in [3.8, 4) is 50.7 Å². The number of hydrogen-bond acceptors (Lipinski definition) is 3. The van der Waals surface area contributed by atoms with E-state index < -0.39 is 0 Å². The summed E-state index contributed by atoms with van der Waals surface area (Å²) in [5.41, 5.74) is 14.6. The molecule has 2 aromatic heterocycles. The molecule has 65 heavy (non-hydrogen) atoms. The molecule has 0 spiro atoms. The fraction of sp³-hybridized carbons (Fsp3) is 0.0164. The summed E-state index contributed by atoms with van der Waals surface area (Å²) in [5.74, 6) is 0.670. The molecule has 0 aliphatic heterocycles. The lowest BCUT2D eigenvalue weighted by atomic mass is 9.99. The van der Waals surface area contributed by atoms with E-state index in [1.54, 1.807) is 0 Å². The lowest BCUT2D eigenvalue weighted by molar-refractivity contribution is 1.16. The van der Waals surface area contributed by atoms with Crippen LogP contribution in [0.5, 0.6) is 0 Å². The molecule has 306 valence electrons. The maximum Gasteiger partial charge on any atom is 0.160 e. The highest BCUT2D eigenvalue weighted by atomic mass is 15.1. The first kappa shape index (κ1) is 38.1. The van der Waals surface area contributed by atoms with Gasteiger partial charge in [-0.05, 0) is 106 Å². The highest BCUT2D eigenvalue weighted by Gasteiger charge is 2.22. The van der Waals surface area contributed by atoms with E-state index in [-0.39, 0.29) is 0 Å². The van der Waals surface area contributed by atoms with Gasteiger partial charge in [-0.15, -0.1) is 0 Å². The van der Waals surface area contributed by atoms with Crippen molar-refractivity contribution in [3.05, 3.63) is 242 Å². The normalized spacial score (nSPS) is 11.5. The largest absolute Gasteiger partial charge is 0.310 e. The molecule has 2 heterocycles. The summed E-state index contributed by atoms with van der Waals surface area (Å²) in [7, 11) is 0. The van der Waals surface area contributed by atoms with Crippen molar-refractivity contribution in [2.75, 3.05) is 4.90 Å². The molecule has 12 aromatic rings. The number of fused-ring (bicyclic) bond motifs is 6. The first-order chi connectivity index (χ1) is 32.1. The molecule has 0 radical (unpaired) electrons. The monoisotopic (exact) mass is 830 g/mol. The summed E-state index contributed by atoms with van der Waals surface area (Å²) in [6.45, 7) is 2.24. The number of benzene rings is 10. The molecule has 0 aliphatic rings. The highest BCUT2D eigenvalue weighted by molar-refractivity contribution is 6.21. The number of rotatable bonds is 8. The van der Waals surface area contributed by atoms with Crippen LogP contribution >= 0.6 is 0 Å². The van der Waals surface area contributed by atoms with E-state index in [0.717, 1.165) is 73.0 Å². The summed E-state index contributed by atoms with van der Waals surface area (Å²) in [6, 6.07) is 84.5. The first-order valence-electron chi connectivity index (χ1n) is 22.2. The smallest absolute Gasteiger partial charge is 0.160 e. The zero-order chi connectivity index (χ0) is 43.3. The Balaban J connectivity index is 1.16. The fourth-order valence-electron chi connectivity index (χ4n) is 9.63. The van der Waals surface area contributed by atoms with Crippen LogP contribution in [0.4, 0.5) is 17.1 Å². The van der Waals surface area contributed by atoms with Crippen LogP contribution in [0, 0.1) is 6.92 Å². The quantitative estimate of drug-likeness (QED) is 0.153. The van der Waals surface area contributed by atoms with Crippen LogP contribution in [0.15, 0.2) is 237 Å². The van der Waals surface area contributed by atoms with Crippen LogP contribution in [-0.2, 0) is 0 Å². The van der Waals surface area contributed by atoms with E-state index in [4.69, 9.17) is 9.97 Å². The van der Waals surface area contributed by atoms with Crippen molar-refractivity contribution in [1.82, 2.24) is 14.5 Å². The van der Waals surface area contributed by atoms with E-state index in [1.807, 2.05) is 6.07 Å². The van der Waals surface area contributed by atoms with Gasteiger partial charge in [0.05, 0.1) is 22.4 Å². The van der Waals surface area contributed by atoms with E-state index >= 15 is 0 Å². The molecule has 4 nitrogen and oxygen atoms in total. The summed E-state index contributed by atoms with van der Waals surface area (Å²) in [4.78, 5) is 13.1. The molecular weight excluding hydrogens is 789 g/mol. The lowest BCUT2D eigenvalue weighted by Gasteiger charge is -2.29. The SMILES string of the molecule is Cc1c(N(c2ccccc2)c2cc(-c3cc(-c4cccc(-c5ccccc5)c4)nc(-c4ccccc4)n3)cc(-n3c4ccccc4c4c5ccccc5ccc43)c2)ccc2ccccc12. The molecule has 0 fully saturated rings. The number of aromatic nitrogens is 3. The van der Waals surface area contributed by atoms with Crippen molar-refractivity contribution in [1.29, 1.82) is 0 Å². The third-order valence-electron chi connectivity index (χ3n) is 12.7. The molecule has 0 bridgehead atoms. The molecular formula is C61H42N4. The topological polar surface area (TPSA) is 34.0 Å². The van der Waals surface area contributed by atoms with Crippen LogP contribution < -0.4 is 4.90 Å². The van der Waals surface area contributed by atoms with Crippen LogP contribution in [-0.4, -0.2) is 14.5 Å². The van der Waals surface area contributed by atoms with Crippen LogP contribution in [0.3, 0.4) is 0 Å². The Morgan fingerprint density at radius 2 is 0.954 bits per heavy atom. The molecule has 0 amide bonds. The van der Waals surface area contributed by atoms with Gasteiger partial charge in [0.25, 0.3) is 0 Å². The Morgan fingerprint density at radius 1 is 0.369 bits per heavy atom. The Bertz CT molecular complexity index is 3720. The number of anilines is 3. The number of para-hydroxylation sites is 2. The molecule has 0 saturated heterocycles. The van der Waals surface area contributed by atoms with Crippen LogP contribution in [0.25, 0.3) is 94.1 Å². The molecule has 0 unspecified atom stereocenters. The van der Waals surface area contributed by atoms with E-state index in [9.17, 15) is 0 Å². The Kier molecular flexibility index (Phi) is 9.35. The fourth-order valence-corrected chi connectivity index (χ4v) is 9.63. The second-order valence-electron chi connectivity index (χ2n) is 16.6. The molecule has 12 rings (SSSR count). The van der Waals surface area contributed by atoms with E-state index in [1.165, 1.54) is 37.9 Å².